The molecule has 0 saturated carbocycles. The van der Waals surface area contributed by atoms with Gasteiger partial charge in [-0.1, -0.05) is 12.1 Å². The largest absolute Gasteiger partial charge is 0.423 e. The molecule has 2 aromatic carbocycles. The topological polar surface area (TPSA) is 132 Å². The van der Waals surface area contributed by atoms with Gasteiger partial charge < -0.3 is 14.6 Å². The van der Waals surface area contributed by atoms with Crippen LogP contribution in [-0.4, -0.2) is 48.8 Å². The van der Waals surface area contributed by atoms with E-state index < -0.39 is 21.6 Å². The Morgan fingerprint density at radius 3 is 2.70 bits per heavy atom. The zero-order valence-corrected chi connectivity index (χ0v) is 20.4. The molecule has 0 spiro atoms. The molecule has 1 saturated heterocycles. The van der Waals surface area contributed by atoms with Crippen molar-refractivity contribution in [2.75, 3.05) is 24.5 Å². The van der Waals surface area contributed by atoms with Crippen molar-refractivity contribution in [3.05, 3.63) is 88.0 Å². The molecular formula is C26H22N4O6S. The molecule has 1 N–H and O–H groups in total. The van der Waals surface area contributed by atoms with E-state index in [0.717, 1.165) is 9.65 Å². The van der Waals surface area contributed by atoms with E-state index in [0.29, 0.717) is 41.8 Å². The first kappa shape index (κ1) is 23.3. The van der Waals surface area contributed by atoms with Gasteiger partial charge in [0.15, 0.2) is 11.6 Å². The van der Waals surface area contributed by atoms with Gasteiger partial charge in [0.25, 0.3) is 10.0 Å². The first-order valence-corrected chi connectivity index (χ1v) is 13.2. The number of ketones is 2. The molecule has 0 amide bonds. The van der Waals surface area contributed by atoms with Crippen molar-refractivity contribution < 1.29 is 22.4 Å². The van der Waals surface area contributed by atoms with Crippen molar-refractivity contribution in [2.24, 2.45) is 5.92 Å². The molecule has 0 aliphatic carbocycles. The van der Waals surface area contributed by atoms with E-state index in [1.165, 1.54) is 18.2 Å². The van der Waals surface area contributed by atoms with E-state index in [9.17, 15) is 22.8 Å². The average Bonchev–Trinajstić information content (AvgIpc) is 3.54. The number of carbonyl (C=O) groups is 2. The number of rotatable bonds is 5. The highest BCUT2D eigenvalue weighted by atomic mass is 32.2. The maximum atomic E-state index is 13.6. The summed E-state index contributed by atoms with van der Waals surface area (Å²) in [5.74, 6) is -1.09. The van der Waals surface area contributed by atoms with E-state index in [1.54, 1.807) is 30.5 Å². The Labute approximate surface area is 211 Å². The van der Waals surface area contributed by atoms with Gasteiger partial charge in [-0.05, 0) is 42.3 Å². The lowest BCUT2D eigenvalue weighted by molar-refractivity contribution is -0.118. The second-order valence-electron chi connectivity index (χ2n) is 9.12. The summed E-state index contributed by atoms with van der Waals surface area (Å²) in [6.07, 6.45) is 2.08. The molecule has 6 rings (SSSR count). The summed E-state index contributed by atoms with van der Waals surface area (Å²) in [6.45, 7) is 1.26. The van der Waals surface area contributed by atoms with Gasteiger partial charge in [0.05, 0.1) is 35.8 Å². The molecular weight excluding hydrogens is 496 g/mol. The third-order valence-corrected chi connectivity index (χ3v) is 8.51. The summed E-state index contributed by atoms with van der Waals surface area (Å²) >= 11 is 0. The summed E-state index contributed by atoms with van der Waals surface area (Å²) in [6, 6.07) is 14.3. The van der Waals surface area contributed by atoms with Crippen molar-refractivity contribution in [3.8, 4) is 0 Å². The second kappa shape index (κ2) is 8.79. The number of hydrogen-bond donors (Lipinski definition) is 1. The first-order valence-electron chi connectivity index (χ1n) is 11.8. The number of aromatic nitrogens is 2. The standard InChI is InChI=1S/C26H22N4O6S/c31-23-14-27-13-20(23)26(33)19-3-1-2-4-21(19)29-10-9-17-12-28-30(22(17)15-29)37(34,35)18-7-5-16-6-8-25(32)36-24(16)11-18/h1-8,11-12,20,27H,9-10,13-15H2. The Morgan fingerprint density at radius 2 is 1.89 bits per heavy atom. The highest BCUT2D eigenvalue weighted by molar-refractivity contribution is 7.89. The molecule has 2 aliphatic heterocycles. The van der Waals surface area contributed by atoms with Gasteiger partial charge in [-0.3, -0.25) is 9.59 Å². The maximum absolute atomic E-state index is 13.6. The van der Waals surface area contributed by atoms with Crippen molar-refractivity contribution >= 4 is 38.2 Å². The predicted octanol–water partition coefficient (Wildman–Crippen LogP) is 1.76. The smallest absolute Gasteiger partial charge is 0.336 e. The Hall–Kier alpha value is -4.09. The highest BCUT2D eigenvalue weighted by Gasteiger charge is 2.34. The summed E-state index contributed by atoms with van der Waals surface area (Å²) in [4.78, 5) is 38.9. The quantitative estimate of drug-likeness (QED) is 0.238. The number of para-hydroxylation sites is 1. The molecule has 11 heteroatoms. The van der Waals surface area contributed by atoms with Crippen LogP contribution in [0.5, 0.6) is 0 Å². The zero-order valence-electron chi connectivity index (χ0n) is 19.6. The van der Waals surface area contributed by atoms with Crippen molar-refractivity contribution in [1.29, 1.82) is 0 Å². The Bertz CT molecular complexity index is 1740. The fourth-order valence-electron chi connectivity index (χ4n) is 4.95. The molecule has 188 valence electrons. The molecule has 1 fully saturated rings. The fourth-order valence-corrected chi connectivity index (χ4v) is 6.28. The predicted molar refractivity (Wildman–Crippen MR) is 134 cm³/mol. The minimum absolute atomic E-state index is 0.0554. The van der Waals surface area contributed by atoms with E-state index in [4.69, 9.17) is 4.42 Å². The Balaban J connectivity index is 1.36. The fraction of sp³-hybridized carbons (Fsp3) is 0.231. The van der Waals surface area contributed by atoms with Crippen LogP contribution in [0.4, 0.5) is 5.69 Å². The number of nitrogens with zero attached hydrogens (tertiary/aromatic N) is 3. The van der Waals surface area contributed by atoms with Crippen molar-refractivity contribution in [1.82, 2.24) is 14.5 Å². The van der Waals surface area contributed by atoms with Crippen LogP contribution < -0.4 is 15.8 Å². The number of anilines is 1. The summed E-state index contributed by atoms with van der Waals surface area (Å²) in [5, 5.41) is 7.74. The van der Waals surface area contributed by atoms with Gasteiger partial charge in [-0.2, -0.15) is 17.6 Å². The molecule has 1 atom stereocenters. The van der Waals surface area contributed by atoms with Crippen LogP contribution in [0.15, 0.2) is 74.9 Å². The lowest BCUT2D eigenvalue weighted by atomic mass is 9.94. The van der Waals surface area contributed by atoms with E-state index >= 15 is 0 Å². The van der Waals surface area contributed by atoms with Crippen LogP contribution in [0.1, 0.15) is 21.6 Å². The molecule has 2 aromatic heterocycles. The average molecular weight is 519 g/mol. The van der Waals surface area contributed by atoms with Crippen LogP contribution in [-0.2, 0) is 27.8 Å². The molecule has 10 nitrogen and oxygen atoms in total. The maximum Gasteiger partial charge on any atom is 0.336 e. The van der Waals surface area contributed by atoms with Crippen molar-refractivity contribution in [2.45, 2.75) is 17.9 Å². The third-order valence-electron chi connectivity index (χ3n) is 6.89. The van der Waals surface area contributed by atoms with Crippen LogP contribution in [0, 0.1) is 5.92 Å². The molecule has 1 unspecified atom stereocenters. The van der Waals surface area contributed by atoms with Crippen LogP contribution in [0.3, 0.4) is 0 Å². The Kier molecular flexibility index (Phi) is 5.54. The van der Waals surface area contributed by atoms with Crippen molar-refractivity contribution in [3.63, 3.8) is 0 Å². The lowest BCUT2D eigenvalue weighted by Crippen LogP contribution is -2.34. The van der Waals surface area contributed by atoms with E-state index in [-0.39, 0.29) is 35.1 Å². The number of fused-ring (bicyclic) bond motifs is 2. The number of hydrogen-bond acceptors (Lipinski definition) is 9. The minimum Gasteiger partial charge on any atom is -0.423 e. The molecule has 4 aromatic rings. The SMILES string of the molecule is O=C1CNCC1C(=O)c1ccccc1N1CCc2cnn(S(=O)(=O)c3ccc4ccc(=O)oc4c3)c2C1. The minimum atomic E-state index is -4.10. The van der Waals surface area contributed by atoms with Gasteiger partial charge in [0.2, 0.25) is 0 Å². The molecule has 4 heterocycles. The molecule has 0 bridgehead atoms. The van der Waals surface area contributed by atoms with Gasteiger partial charge in [0, 0.05) is 41.9 Å². The van der Waals surface area contributed by atoms with Gasteiger partial charge in [0.1, 0.15) is 5.58 Å². The molecule has 2 aliphatic rings. The second-order valence-corrected chi connectivity index (χ2v) is 10.9. The third kappa shape index (κ3) is 3.96. The molecule has 37 heavy (non-hydrogen) atoms. The normalized spacial score (nSPS) is 17.8. The number of carbonyl (C=O) groups excluding carboxylic acids is 2. The zero-order chi connectivity index (χ0) is 25.7. The lowest BCUT2D eigenvalue weighted by Gasteiger charge is -2.31. The van der Waals surface area contributed by atoms with E-state index in [2.05, 4.69) is 10.4 Å². The van der Waals surface area contributed by atoms with Gasteiger partial charge in [-0.15, -0.1) is 0 Å². The number of benzene rings is 2. The molecule has 0 radical (unpaired) electrons. The summed E-state index contributed by atoms with van der Waals surface area (Å²) in [7, 11) is -4.10. The first-order chi connectivity index (χ1) is 17.8. The summed E-state index contributed by atoms with van der Waals surface area (Å²) < 4.78 is 33.3. The van der Waals surface area contributed by atoms with Crippen LogP contribution in [0.25, 0.3) is 11.0 Å². The number of nitrogens with one attached hydrogen (secondary N) is 1. The van der Waals surface area contributed by atoms with Gasteiger partial charge in [-0.25, -0.2) is 4.79 Å². The van der Waals surface area contributed by atoms with E-state index in [1.807, 2.05) is 17.0 Å². The summed E-state index contributed by atoms with van der Waals surface area (Å²) in [5.41, 5.74) is 1.96. The Morgan fingerprint density at radius 1 is 1.08 bits per heavy atom. The van der Waals surface area contributed by atoms with Crippen LogP contribution >= 0.6 is 0 Å². The van der Waals surface area contributed by atoms with Gasteiger partial charge >= 0.3 is 5.63 Å². The van der Waals surface area contributed by atoms with Crippen LogP contribution in [0.2, 0.25) is 0 Å². The highest BCUT2D eigenvalue weighted by Crippen LogP contribution is 2.31. The number of Topliss-reactive ketones (excluding diaryl/α,β-unsaturated/α-hetero) is 2. The monoisotopic (exact) mass is 518 g/mol.